The average Bonchev–Trinajstić information content (AvgIpc) is 2.89. The van der Waals surface area contributed by atoms with Crippen molar-refractivity contribution in [2.24, 2.45) is 0 Å². The van der Waals surface area contributed by atoms with Gasteiger partial charge in [0.15, 0.2) is 0 Å². The molecule has 13 heteroatoms. The number of benzene rings is 2. The number of phenolic OH excluding ortho intramolecular Hbond substituents is 1. The van der Waals surface area contributed by atoms with Crippen LogP contribution in [0.25, 0.3) is 0 Å². The summed E-state index contributed by atoms with van der Waals surface area (Å²) >= 11 is 0. The van der Waals surface area contributed by atoms with Crippen LogP contribution in [0.5, 0.6) is 11.5 Å². The zero-order valence-corrected chi connectivity index (χ0v) is 23.3. The van der Waals surface area contributed by atoms with Gasteiger partial charge in [-0.15, -0.1) is 0 Å². The minimum absolute atomic E-state index is 0.0725. The van der Waals surface area contributed by atoms with Gasteiger partial charge in [0.05, 0.1) is 13.7 Å². The number of phenols is 1. The van der Waals surface area contributed by atoms with Crippen LogP contribution in [0.2, 0.25) is 0 Å². The van der Waals surface area contributed by atoms with Gasteiger partial charge < -0.3 is 40.4 Å². The Balaban J connectivity index is 1.95. The van der Waals surface area contributed by atoms with Crippen molar-refractivity contribution in [1.29, 1.82) is 0 Å². The number of carboxylic acid groups (broad SMARTS) is 1. The van der Waals surface area contributed by atoms with E-state index in [-0.39, 0.29) is 42.3 Å². The molecule has 1 atom stereocenters. The maximum absolute atomic E-state index is 13.0. The van der Waals surface area contributed by atoms with Crippen molar-refractivity contribution in [2.75, 3.05) is 25.6 Å². The number of methoxy groups -OCH3 is 1. The lowest BCUT2D eigenvalue weighted by atomic mass is 10.0. The average molecular weight is 574 g/mol. The summed E-state index contributed by atoms with van der Waals surface area (Å²) in [5.74, 6) is -4.07. The number of anilines is 1. The first-order valence-corrected chi connectivity index (χ1v) is 12.7. The van der Waals surface area contributed by atoms with E-state index in [9.17, 15) is 29.1 Å². The fourth-order valence-corrected chi connectivity index (χ4v) is 3.49. The Morgan fingerprint density at radius 1 is 0.976 bits per heavy atom. The number of aliphatic carboxylic acids is 1. The van der Waals surface area contributed by atoms with Gasteiger partial charge in [-0.3, -0.25) is 9.59 Å². The van der Waals surface area contributed by atoms with Crippen LogP contribution in [-0.2, 0) is 30.3 Å². The SMILES string of the molecule is COC(=O)c1c(O)cccc1OCCCCNC(=O)[C@H](Cc1ccc(NC(=O)C(=O)O)cc1)NC(=O)OC(C)(C)C. The van der Waals surface area contributed by atoms with Crippen LogP contribution in [0.1, 0.15) is 49.5 Å². The van der Waals surface area contributed by atoms with E-state index in [1.807, 2.05) is 0 Å². The van der Waals surface area contributed by atoms with Crippen molar-refractivity contribution < 1.29 is 48.4 Å². The maximum atomic E-state index is 13.0. The van der Waals surface area contributed by atoms with E-state index in [4.69, 9.17) is 14.6 Å². The first kappa shape index (κ1) is 32.4. The number of hydrogen-bond acceptors (Lipinski definition) is 9. The third-order valence-electron chi connectivity index (χ3n) is 5.37. The Morgan fingerprint density at radius 2 is 1.66 bits per heavy atom. The second kappa shape index (κ2) is 15.1. The number of carboxylic acids is 1. The van der Waals surface area contributed by atoms with Gasteiger partial charge in [0.2, 0.25) is 5.91 Å². The lowest BCUT2D eigenvalue weighted by molar-refractivity contribution is -0.147. The predicted octanol–water partition coefficient (Wildman–Crippen LogP) is 2.61. The molecule has 5 N–H and O–H groups in total. The normalized spacial score (nSPS) is 11.5. The Kier molecular flexibility index (Phi) is 11.9. The highest BCUT2D eigenvalue weighted by molar-refractivity contribution is 6.36. The van der Waals surface area contributed by atoms with Crippen molar-refractivity contribution >= 4 is 35.5 Å². The predicted molar refractivity (Wildman–Crippen MR) is 147 cm³/mol. The molecule has 0 saturated carbocycles. The van der Waals surface area contributed by atoms with Crippen LogP contribution in [0.15, 0.2) is 42.5 Å². The third-order valence-corrected chi connectivity index (χ3v) is 5.37. The molecule has 0 heterocycles. The molecule has 0 aliphatic rings. The number of ether oxygens (including phenoxy) is 3. The van der Waals surface area contributed by atoms with E-state index in [1.54, 1.807) is 32.9 Å². The van der Waals surface area contributed by atoms with Crippen LogP contribution in [-0.4, -0.2) is 72.0 Å². The van der Waals surface area contributed by atoms with Gasteiger partial charge in [0, 0.05) is 18.7 Å². The van der Waals surface area contributed by atoms with Crippen LogP contribution in [0.4, 0.5) is 10.5 Å². The second-order valence-electron chi connectivity index (χ2n) is 9.85. The molecule has 0 radical (unpaired) electrons. The lowest BCUT2D eigenvalue weighted by Crippen LogP contribution is -2.49. The minimum Gasteiger partial charge on any atom is -0.507 e. The quantitative estimate of drug-likeness (QED) is 0.143. The first-order chi connectivity index (χ1) is 19.3. The number of nitrogens with one attached hydrogen (secondary N) is 3. The molecule has 0 aliphatic carbocycles. The van der Waals surface area contributed by atoms with Crippen molar-refractivity contribution in [1.82, 2.24) is 10.6 Å². The van der Waals surface area contributed by atoms with Crippen molar-refractivity contribution in [2.45, 2.75) is 51.7 Å². The van der Waals surface area contributed by atoms with Crippen LogP contribution >= 0.6 is 0 Å². The Bertz CT molecular complexity index is 1240. The fourth-order valence-electron chi connectivity index (χ4n) is 3.49. The number of rotatable bonds is 12. The molecule has 0 aromatic heterocycles. The standard InChI is InChI=1S/C28H35N3O10/c1-28(2,3)41-27(38)31-19(16-17-10-12-18(13-11-17)30-24(34)25(35)36)23(33)29-14-5-6-15-40-21-9-7-8-20(32)22(21)26(37)39-4/h7-13,19,32H,5-6,14-16H2,1-4H3,(H,29,33)(H,30,34)(H,31,38)(H,35,36)/t19-/m0/s1. The van der Waals surface area contributed by atoms with E-state index >= 15 is 0 Å². The van der Waals surface area contributed by atoms with Crippen molar-refractivity contribution in [3.63, 3.8) is 0 Å². The van der Waals surface area contributed by atoms with E-state index in [1.165, 1.54) is 37.4 Å². The van der Waals surface area contributed by atoms with Crippen LogP contribution in [0, 0.1) is 0 Å². The topological polar surface area (TPSA) is 190 Å². The largest absolute Gasteiger partial charge is 0.507 e. The number of amides is 3. The molecule has 41 heavy (non-hydrogen) atoms. The summed E-state index contributed by atoms with van der Waals surface area (Å²) in [6, 6.07) is 9.58. The number of esters is 1. The Hall–Kier alpha value is -4.81. The summed E-state index contributed by atoms with van der Waals surface area (Å²) in [5.41, 5.74) is 0.0410. The molecule has 2 aromatic rings. The summed E-state index contributed by atoms with van der Waals surface area (Å²) < 4.78 is 15.6. The first-order valence-electron chi connectivity index (χ1n) is 12.7. The minimum atomic E-state index is -1.62. The van der Waals surface area contributed by atoms with Crippen LogP contribution < -0.4 is 20.7 Å². The molecule has 0 unspecified atom stereocenters. The van der Waals surface area contributed by atoms with Gasteiger partial charge in [0.1, 0.15) is 28.7 Å². The molecule has 3 amide bonds. The van der Waals surface area contributed by atoms with Gasteiger partial charge in [-0.05, 0) is 63.4 Å². The summed E-state index contributed by atoms with van der Waals surface area (Å²) in [4.78, 5) is 59.3. The molecule has 0 saturated heterocycles. The van der Waals surface area contributed by atoms with Gasteiger partial charge in [-0.2, -0.15) is 0 Å². The van der Waals surface area contributed by atoms with Crippen molar-refractivity contribution in [3.05, 3.63) is 53.6 Å². The summed E-state index contributed by atoms with van der Waals surface area (Å²) in [5, 5.41) is 26.2. The van der Waals surface area contributed by atoms with Gasteiger partial charge in [0.25, 0.3) is 0 Å². The van der Waals surface area contributed by atoms with Gasteiger partial charge >= 0.3 is 23.9 Å². The molecular weight excluding hydrogens is 538 g/mol. The monoisotopic (exact) mass is 573 g/mol. The second-order valence-corrected chi connectivity index (χ2v) is 9.85. The molecule has 0 bridgehead atoms. The van der Waals surface area contributed by atoms with Gasteiger partial charge in [-0.25, -0.2) is 14.4 Å². The molecule has 2 rings (SSSR count). The zero-order chi connectivity index (χ0) is 30.6. The number of carbonyl (C=O) groups is 5. The summed E-state index contributed by atoms with van der Waals surface area (Å²) in [6.45, 7) is 5.54. The maximum Gasteiger partial charge on any atom is 0.408 e. The van der Waals surface area contributed by atoms with E-state index in [0.29, 0.717) is 18.4 Å². The number of aromatic hydroxyl groups is 1. The molecule has 0 aliphatic heterocycles. The molecule has 2 aromatic carbocycles. The molecule has 0 fully saturated rings. The van der Waals surface area contributed by atoms with E-state index in [0.717, 1.165) is 0 Å². The number of unbranched alkanes of at least 4 members (excludes halogenated alkanes) is 1. The highest BCUT2D eigenvalue weighted by atomic mass is 16.6. The molecule has 222 valence electrons. The number of carbonyl (C=O) groups excluding carboxylic acids is 4. The van der Waals surface area contributed by atoms with E-state index in [2.05, 4.69) is 20.7 Å². The Morgan fingerprint density at radius 3 is 2.27 bits per heavy atom. The Labute approximate surface area is 237 Å². The molecule has 13 nitrogen and oxygen atoms in total. The smallest absolute Gasteiger partial charge is 0.408 e. The third kappa shape index (κ3) is 11.1. The highest BCUT2D eigenvalue weighted by Gasteiger charge is 2.25. The zero-order valence-electron chi connectivity index (χ0n) is 23.3. The highest BCUT2D eigenvalue weighted by Crippen LogP contribution is 2.28. The fraction of sp³-hybridized carbons (Fsp3) is 0.393. The van der Waals surface area contributed by atoms with Crippen molar-refractivity contribution in [3.8, 4) is 11.5 Å². The lowest BCUT2D eigenvalue weighted by Gasteiger charge is -2.23. The van der Waals surface area contributed by atoms with Crippen LogP contribution in [0.3, 0.4) is 0 Å². The van der Waals surface area contributed by atoms with E-state index < -0.39 is 41.5 Å². The summed E-state index contributed by atoms with van der Waals surface area (Å²) in [6.07, 6.45) is 0.332. The molecule has 0 spiro atoms. The summed E-state index contributed by atoms with van der Waals surface area (Å²) in [7, 11) is 1.20. The number of hydrogen-bond donors (Lipinski definition) is 5. The molecular formula is C28H35N3O10. The number of alkyl carbamates (subject to hydrolysis) is 1. The van der Waals surface area contributed by atoms with Gasteiger partial charge in [-0.1, -0.05) is 18.2 Å².